The molecule has 1 aromatic carbocycles. The zero-order valence-corrected chi connectivity index (χ0v) is 14.7. The fourth-order valence-electron chi connectivity index (χ4n) is 3.03. The molecule has 0 saturated carbocycles. The van der Waals surface area contributed by atoms with Crippen LogP contribution in [0.3, 0.4) is 0 Å². The number of hydrogen-bond acceptors (Lipinski definition) is 3. The lowest BCUT2D eigenvalue weighted by molar-refractivity contribution is -0.133. The summed E-state index contributed by atoms with van der Waals surface area (Å²) in [6, 6.07) is 8.03. The maximum absolute atomic E-state index is 12.2. The van der Waals surface area contributed by atoms with E-state index in [2.05, 4.69) is 26.0 Å². The van der Waals surface area contributed by atoms with Gasteiger partial charge in [0.05, 0.1) is 13.0 Å². The van der Waals surface area contributed by atoms with Gasteiger partial charge >= 0.3 is 0 Å². The van der Waals surface area contributed by atoms with Gasteiger partial charge in [-0.05, 0) is 42.4 Å². The van der Waals surface area contributed by atoms with Crippen molar-refractivity contribution in [3.63, 3.8) is 0 Å². The van der Waals surface area contributed by atoms with Gasteiger partial charge in [0.2, 0.25) is 11.8 Å². The molecule has 0 unspecified atom stereocenters. The molecule has 2 N–H and O–H groups in total. The summed E-state index contributed by atoms with van der Waals surface area (Å²) in [4.78, 5) is 25.0. The molecule has 1 saturated heterocycles. The van der Waals surface area contributed by atoms with Gasteiger partial charge in [-0.3, -0.25) is 9.59 Å². The van der Waals surface area contributed by atoms with E-state index in [-0.39, 0.29) is 11.8 Å². The van der Waals surface area contributed by atoms with Gasteiger partial charge in [-0.25, -0.2) is 0 Å². The molecular formula is C19H28N2O3. The number of rotatable bonds is 7. The Balaban J connectivity index is 1.69. The summed E-state index contributed by atoms with van der Waals surface area (Å²) in [5.74, 6) is 1.48. The Morgan fingerprint density at radius 1 is 1.21 bits per heavy atom. The predicted octanol–water partition coefficient (Wildman–Crippen LogP) is 2.69. The van der Waals surface area contributed by atoms with Crippen LogP contribution in [-0.4, -0.2) is 36.4 Å². The third-order valence-corrected chi connectivity index (χ3v) is 4.59. The highest BCUT2D eigenvalue weighted by molar-refractivity contribution is 5.76. The van der Waals surface area contributed by atoms with Gasteiger partial charge in [0.25, 0.3) is 0 Å². The SMILES string of the molecule is CC(C)c1ccc(OCCC(=O)N2CCC(CC(N)=O)CC2)cc1. The third kappa shape index (κ3) is 5.55. The van der Waals surface area contributed by atoms with Gasteiger partial charge in [0, 0.05) is 19.5 Å². The quantitative estimate of drug-likeness (QED) is 0.834. The minimum Gasteiger partial charge on any atom is -0.493 e. The number of hydrogen-bond donors (Lipinski definition) is 1. The van der Waals surface area contributed by atoms with E-state index in [1.807, 2.05) is 17.0 Å². The molecule has 0 aromatic heterocycles. The van der Waals surface area contributed by atoms with Crippen molar-refractivity contribution in [1.29, 1.82) is 0 Å². The molecule has 2 amide bonds. The second-order valence-electron chi connectivity index (χ2n) is 6.82. The second-order valence-corrected chi connectivity index (χ2v) is 6.82. The summed E-state index contributed by atoms with van der Waals surface area (Å²) in [6.45, 7) is 6.11. The summed E-state index contributed by atoms with van der Waals surface area (Å²) >= 11 is 0. The van der Waals surface area contributed by atoms with Crippen LogP contribution < -0.4 is 10.5 Å². The van der Waals surface area contributed by atoms with E-state index in [0.717, 1.165) is 18.6 Å². The summed E-state index contributed by atoms with van der Waals surface area (Å²) in [5.41, 5.74) is 6.50. The van der Waals surface area contributed by atoms with Gasteiger partial charge in [-0.2, -0.15) is 0 Å². The fourth-order valence-corrected chi connectivity index (χ4v) is 3.03. The highest BCUT2D eigenvalue weighted by Gasteiger charge is 2.23. The maximum atomic E-state index is 12.2. The summed E-state index contributed by atoms with van der Waals surface area (Å²) < 4.78 is 5.67. The molecule has 1 aliphatic heterocycles. The number of carbonyl (C=O) groups is 2. The number of amides is 2. The number of nitrogens with two attached hydrogens (primary N) is 1. The van der Waals surface area contributed by atoms with E-state index >= 15 is 0 Å². The molecule has 1 heterocycles. The molecule has 5 nitrogen and oxygen atoms in total. The standard InChI is InChI=1S/C19H28N2O3/c1-14(2)16-3-5-17(6-4-16)24-12-9-19(23)21-10-7-15(8-11-21)13-18(20)22/h3-6,14-15H,7-13H2,1-2H3,(H2,20,22). The molecule has 132 valence electrons. The molecule has 0 radical (unpaired) electrons. The molecule has 5 heteroatoms. The predicted molar refractivity (Wildman–Crippen MR) is 93.8 cm³/mol. The number of carbonyl (C=O) groups excluding carboxylic acids is 2. The van der Waals surface area contributed by atoms with Crippen molar-refractivity contribution in [1.82, 2.24) is 4.90 Å². The molecule has 1 fully saturated rings. The summed E-state index contributed by atoms with van der Waals surface area (Å²) in [7, 11) is 0. The van der Waals surface area contributed by atoms with Crippen LogP contribution in [0.5, 0.6) is 5.75 Å². The van der Waals surface area contributed by atoms with Crippen molar-refractivity contribution in [3.05, 3.63) is 29.8 Å². The van der Waals surface area contributed by atoms with Crippen LogP contribution in [0, 0.1) is 5.92 Å². The topological polar surface area (TPSA) is 72.6 Å². The van der Waals surface area contributed by atoms with Gasteiger partial charge < -0.3 is 15.4 Å². The van der Waals surface area contributed by atoms with E-state index in [4.69, 9.17) is 10.5 Å². The first-order valence-corrected chi connectivity index (χ1v) is 8.74. The lowest BCUT2D eigenvalue weighted by Crippen LogP contribution is -2.39. The highest BCUT2D eigenvalue weighted by atomic mass is 16.5. The molecule has 24 heavy (non-hydrogen) atoms. The molecular weight excluding hydrogens is 304 g/mol. The average Bonchev–Trinajstić information content (AvgIpc) is 2.55. The van der Waals surface area contributed by atoms with E-state index in [1.165, 1.54) is 5.56 Å². The monoisotopic (exact) mass is 332 g/mol. The van der Waals surface area contributed by atoms with Crippen LogP contribution in [0.25, 0.3) is 0 Å². The van der Waals surface area contributed by atoms with Crippen LogP contribution in [-0.2, 0) is 9.59 Å². The van der Waals surface area contributed by atoms with Crippen molar-refractivity contribution < 1.29 is 14.3 Å². The van der Waals surface area contributed by atoms with Gasteiger partial charge in [0.15, 0.2) is 0 Å². The molecule has 0 bridgehead atoms. The number of piperidine rings is 1. The summed E-state index contributed by atoms with van der Waals surface area (Å²) in [5, 5.41) is 0. The van der Waals surface area contributed by atoms with Crippen LogP contribution >= 0.6 is 0 Å². The molecule has 0 atom stereocenters. The average molecular weight is 332 g/mol. The van der Waals surface area contributed by atoms with Crippen LogP contribution in [0.4, 0.5) is 0 Å². The molecule has 1 aromatic rings. The molecule has 0 spiro atoms. The zero-order chi connectivity index (χ0) is 17.5. The number of likely N-dealkylation sites (tertiary alicyclic amines) is 1. The van der Waals surface area contributed by atoms with Crippen molar-refractivity contribution in [2.75, 3.05) is 19.7 Å². The summed E-state index contributed by atoms with van der Waals surface area (Å²) in [6.07, 6.45) is 2.52. The van der Waals surface area contributed by atoms with Crippen LogP contribution in [0.1, 0.15) is 51.0 Å². The molecule has 0 aliphatic carbocycles. The smallest absolute Gasteiger partial charge is 0.225 e. The Labute approximate surface area is 144 Å². The lowest BCUT2D eigenvalue weighted by atomic mass is 9.93. The third-order valence-electron chi connectivity index (χ3n) is 4.59. The first-order chi connectivity index (χ1) is 11.5. The molecule has 2 rings (SSSR count). The van der Waals surface area contributed by atoms with Gasteiger partial charge in [-0.15, -0.1) is 0 Å². The van der Waals surface area contributed by atoms with Crippen LogP contribution in [0.15, 0.2) is 24.3 Å². The first kappa shape index (κ1) is 18.3. The minimum absolute atomic E-state index is 0.117. The normalized spacial score (nSPS) is 15.5. The van der Waals surface area contributed by atoms with Gasteiger partial charge in [-0.1, -0.05) is 26.0 Å². The van der Waals surface area contributed by atoms with E-state index < -0.39 is 0 Å². The van der Waals surface area contributed by atoms with Crippen molar-refractivity contribution in [3.8, 4) is 5.75 Å². The lowest BCUT2D eigenvalue weighted by Gasteiger charge is -2.31. The number of benzene rings is 1. The largest absolute Gasteiger partial charge is 0.493 e. The van der Waals surface area contributed by atoms with Gasteiger partial charge in [0.1, 0.15) is 5.75 Å². The van der Waals surface area contributed by atoms with Crippen molar-refractivity contribution in [2.24, 2.45) is 11.7 Å². The van der Waals surface area contributed by atoms with Crippen molar-refractivity contribution in [2.45, 2.75) is 45.4 Å². The maximum Gasteiger partial charge on any atom is 0.225 e. The van der Waals surface area contributed by atoms with E-state index in [0.29, 0.717) is 44.4 Å². The number of nitrogens with zero attached hydrogens (tertiary/aromatic N) is 1. The Morgan fingerprint density at radius 3 is 2.38 bits per heavy atom. The number of ether oxygens (including phenoxy) is 1. The Bertz CT molecular complexity index is 546. The minimum atomic E-state index is -0.253. The Kier molecular flexibility index (Phi) is 6.64. The van der Waals surface area contributed by atoms with Crippen LogP contribution in [0.2, 0.25) is 0 Å². The Morgan fingerprint density at radius 2 is 1.83 bits per heavy atom. The highest BCUT2D eigenvalue weighted by Crippen LogP contribution is 2.21. The first-order valence-electron chi connectivity index (χ1n) is 8.74. The molecule has 1 aliphatic rings. The zero-order valence-electron chi connectivity index (χ0n) is 14.7. The van der Waals surface area contributed by atoms with E-state index in [9.17, 15) is 9.59 Å². The van der Waals surface area contributed by atoms with Crippen molar-refractivity contribution >= 4 is 11.8 Å². The van der Waals surface area contributed by atoms with E-state index in [1.54, 1.807) is 0 Å². The fraction of sp³-hybridized carbons (Fsp3) is 0.579. The number of primary amides is 1. The Hall–Kier alpha value is -2.04. The second kappa shape index (κ2) is 8.71.